The maximum Gasteiger partial charge on any atom is 0.241 e. The molecule has 2 aromatic carbocycles. The van der Waals surface area contributed by atoms with E-state index in [9.17, 15) is 18.4 Å². The number of aromatic amines is 1. The molecular formula is C35H36F2N8O2S. The first-order chi connectivity index (χ1) is 23.3. The smallest absolute Gasteiger partial charge is 0.241 e. The quantitative estimate of drug-likeness (QED) is 0.276. The number of thioether (sulfide) groups is 1. The Hall–Kier alpha value is -4.46. The zero-order valence-corrected chi connectivity index (χ0v) is 27.3. The molecule has 1 aliphatic carbocycles. The van der Waals surface area contributed by atoms with Gasteiger partial charge in [0, 0.05) is 74.3 Å². The van der Waals surface area contributed by atoms with Gasteiger partial charge in [0.25, 0.3) is 0 Å². The summed E-state index contributed by atoms with van der Waals surface area (Å²) in [6.45, 7) is 3.81. The number of amides is 2. The number of nitrogens with zero attached hydrogens (tertiary/aromatic N) is 6. The molecule has 4 heterocycles. The summed E-state index contributed by atoms with van der Waals surface area (Å²) < 4.78 is 27.7. The third-order valence-corrected chi connectivity index (χ3v) is 10.8. The lowest BCUT2D eigenvalue weighted by Gasteiger charge is -2.39. The van der Waals surface area contributed by atoms with E-state index in [1.54, 1.807) is 36.7 Å². The van der Waals surface area contributed by atoms with Crippen molar-refractivity contribution in [3.05, 3.63) is 90.5 Å². The summed E-state index contributed by atoms with van der Waals surface area (Å²) in [6.07, 6.45) is 9.92. The van der Waals surface area contributed by atoms with Crippen LogP contribution in [-0.2, 0) is 9.59 Å². The Morgan fingerprint density at radius 3 is 2.54 bits per heavy atom. The first kappa shape index (κ1) is 32.1. The summed E-state index contributed by atoms with van der Waals surface area (Å²) in [5.41, 5.74) is 3.33. The van der Waals surface area contributed by atoms with Crippen molar-refractivity contribution in [1.82, 2.24) is 34.9 Å². The number of piperazine rings is 1. The number of fused-ring (bicyclic) bond motifs is 1. The number of rotatable bonds is 8. The van der Waals surface area contributed by atoms with Gasteiger partial charge in [0.05, 0.1) is 23.3 Å². The van der Waals surface area contributed by atoms with Gasteiger partial charge in [-0.15, -0.1) is 11.8 Å². The van der Waals surface area contributed by atoms with Crippen molar-refractivity contribution in [3.63, 3.8) is 0 Å². The highest BCUT2D eigenvalue weighted by molar-refractivity contribution is 8.00. The lowest BCUT2D eigenvalue weighted by molar-refractivity contribution is -0.134. The first-order valence-electron chi connectivity index (χ1n) is 16.0. The largest absolute Gasteiger partial charge is 0.339 e. The number of H-pyrrole nitrogens is 1. The summed E-state index contributed by atoms with van der Waals surface area (Å²) in [4.78, 5) is 41.5. The van der Waals surface area contributed by atoms with Gasteiger partial charge in [-0.25, -0.2) is 18.7 Å². The molecule has 3 aliphatic rings. The minimum Gasteiger partial charge on any atom is -0.339 e. The second-order valence-corrected chi connectivity index (χ2v) is 13.6. The molecule has 0 saturated carbocycles. The zero-order valence-electron chi connectivity index (χ0n) is 26.5. The van der Waals surface area contributed by atoms with Gasteiger partial charge < -0.3 is 10.2 Å². The van der Waals surface area contributed by atoms with Crippen molar-refractivity contribution in [2.24, 2.45) is 0 Å². The van der Waals surface area contributed by atoms with Crippen LogP contribution in [0, 0.1) is 5.82 Å². The number of carbonyl (C=O) groups excluding carboxylic acids is 2. The number of allylic oxidation sites excluding steroid dienone is 2. The van der Waals surface area contributed by atoms with Crippen LogP contribution in [-0.4, -0.2) is 110 Å². The molecule has 0 bridgehead atoms. The predicted octanol–water partition coefficient (Wildman–Crippen LogP) is 4.76. The normalized spacial score (nSPS) is 22.1. The van der Waals surface area contributed by atoms with Crippen molar-refractivity contribution < 1.29 is 18.4 Å². The van der Waals surface area contributed by atoms with Gasteiger partial charge in [-0.1, -0.05) is 6.08 Å². The lowest BCUT2D eigenvalue weighted by Crippen LogP contribution is -2.53. The monoisotopic (exact) mass is 670 g/mol. The third kappa shape index (κ3) is 6.49. The van der Waals surface area contributed by atoms with Crippen molar-refractivity contribution >= 4 is 45.7 Å². The zero-order chi connectivity index (χ0) is 33.3. The molecule has 2 amide bonds. The van der Waals surface area contributed by atoms with Crippen LogP contribution >= 0.6 is 11.8 Å². The molecule has 7 rings (SSSR count). The van der Waals surface area contributed by atoms with Crippen molar-refractivity contribution in [2.75, 3.05) is 57.4 Å². The fourth-order valence-corrected chi connectivity index (χ4v) is 7.59. The molecule has 248 valence electrons. The molecule has 48 heavy (non-hydrogen) atoms. The highest BCUT2D eigenvalue weighted by Gasteiger charge is 2.45. The summed E-state index contributed by atoms with van der Waals surface area (Å²) in [5.74, 6) is -0.310. The predicted molar refractivity (Wildman–Crippen MR) is 183 cm³/mol. The van der Waals surface area contributed by atoms with Crippen LogP contribution in [0.2, 0.25) is 0 Å². The van der Waals surface area contributed by atoms with Gasteiger partial charge in [-0.2, -0.15) is 5.10 Å². The topological polar surface area (TPSA) is 110 Å². The van der Waals surface area contributed by atoms with E-state index in [1.165, 1.54) is 23.9 Å². The van der Waals surface area contributed by atoms with Crippen LogP contribution in [0.25, 0.3) is 27.7 Å². The fourth-order valence-electron chi connectivity index (χ4n) is 6.75. The van der Waals surface area contributed by atoms with Gasteiger partial charge in [0.1, 0.15) is 16.4 Å². The Morgan fingerprint density at radius 2 is 1.81 bits per heavy atom. The number of nitrogens with one attached hydrogen (secondary N) is 2. The molecule has 10 nitrogen and oxygen atoms in total. The van der Waals surface area contributed by atoms with Crippen LogP contribution in [0.1, 0.15) is 18.7 Å². The van der Waals surface area contributed by atoms with E-state index in [1.807, 2.05) is 35.4 Å². The van der Waals surface area contributed by atoms with E-state index in [2.05, 4.69) is 35.3 Å². The van der Waals surface area contributed by atoms with E-state index in [4.69, 9.17) is 0 Å². The molecule has 2 aliphatic heterocycles. The van der Waals surface area contributed by atoms with Crippen LogP contribution in [0.4, 0.5) is 14.5 Å². The Labute approximate surface area is 281 Å². The molecule has 1 unspecified atom stereocenters. The van der Waals surface area contributed by atoms with Crippen molar-refractivity contribution in [3.8, 4) is 11.3 Å². The number of carbonyl (C=O) groups is 2. The molecule has 0 spiro atoms. The molecule has 4 aromatic rings. The number of benzene rings is 2. The SMILES string of the molecule is CS[C@@]1(C(=O)Nc2ccc3[nH]nc(-c4ccc(F)cc4)c3c2)CCN(CC(=O)N2CCN(C3C=C(F)C(c4ncccn4)=CC3)CC2)C1. The Kier molecular flexibility index (Phi) is 9.08. The maximum absolute atomic E-state index is 15.0. The molecule has 13 heteroatoms. The molecule has 2 atom stereocenters. The highest BCUT2D eigenvalue weighted by Crippen LogP contribution is 2.36. The summed E-state index contributed by atoms with van der Waals surface area (Å²) in [6, 6.07) is 13.4. The average molecular weight is 671 g/mol. The standard InChI is InChI=1S/C35H36F2N8O2S/c1-48-35(34(47)40-25-7-10-30-28(19-25)32(42-41-30)23-3-5-24(36)6-4-23)11-14-43(22-35)21-31(46)45-17-15-44(16-18-45)26-8-9-27(29(37)20-26)33-38-12-2-13-39-33/h2-7,9-10,12-13,19-20,26H,8,11,14-18,21-22H2,1H3,(H,40,47)(H,41,42)/t26?,35-/m0/s1. The Bertz CT molecular complexity index is 1870. The van der Waals surface area contributed by atoms with E-state index in [-0.39, 0.29) is 36.0 Å². The van der Waals surface area contributed by atoms with Crippen molar-refractivity contribution in [2.45, 2.75) is 23.6 Å². The average Bonchev–Trinajstić information content (AvgIpc) is 3.74. The molecular weight excluding hydrogens is 635 g/mol. The van der Waals surface area contributed by atoms with Gasteiger partial charge in [-0.3, -0.25) is 24.5 Å². The maximum atomic E-state index is 15.0. The number of hydrogen-bond donors (Lipinski definition) is 2. The number of anilines is 1. The Morgan fingerprint density at radius 1 is 1.04 bits per heavy atom. The molecule has 2 fully saturated rings. The van der Waals surface area contributed by atoms with E-state index in [0.717, 1.165) is 16.5 Å². The fraction of sp³-hybridized carbons (Fsp3) is 0.343. The molecule has 2 saturated heterocycles. The van der Waals surface area contributed by atoms with E-state index >= 15 is 0 Å². The van der Waals surface area contributed by atoms with Gasteiger partial charge >= 0.3 is 0 Å². The summed E-state index contributed by atoms with van der Waals surface area (Å²) in [5, 5.41) is 11.3. The minimum atomic E-state index is -0.696. The van der Waals surface area contributed by atoms with Gasteiger partial charge in [0.2, 0.25) is 11.8 Å². The van der Waals surface area contributed by atoms with Crippen LogP contribution in [0.3, 0.4) is 0 Å². The number of likely N-dealkylation sites (tertiary alicyclic amines) is 1. The Balaban J connectivity index is 0.928. The number of hydrogen-bond acceptors (Lipinski definition) is 8. The summed E-state index contributed by atoms with van der Waals surface area (Å²) >= 11 is 1.51. The van der Waals surface area contributed by atoms with E-state index in [0.29, 0.717) is 74.9 Å². The lowest BCUT2D eigenvalue weighted by atomic mass is 9.99. The highest BCUT2D eigenvalue weighted by atomic mass is 32.2. The molecule has 2 aromatic heterocycles. The molecule has 0 radical (unpaired) electrons. The van der Waals surface area contributed by atoms with Gasteiger partial charge in [0.15, 0.2) is 5.82 Å². The minimum absolute atomic E-state index is 0.0412. The van der Waals surface area contributed by atoms with Crippen LogP contribution < -0.4 is 5.32 Å². The van der Waals surface area contributed by atoms with Crippen LogP contribution in [0.5, 0.6) is 0 Å². The second-order valence-electron chi connectivity index (χ2n) is 12.4. The van der Waals surface area contributed by atoms with Crippen molar-refractivity contribution in [1.29, 1.82) is 0 Å². The second kappa shape index (κ2) is 13.6. The van der Waals surface area contributed by atoms with E-state index < -0.39 is 4.75 Å². The third-order valence-electron chi connectivity index (χ3n) is 9.51. The molecule has 2 N–H and O–H groups in total. The summed E-state index contributed by atoms with van der Waals surface area (Å²) in [7, 11) is 0. The van der Waals surface area contributed by atoms with Gasteiger partial charge in [-0.05, 0) is 73.7 Å². The number of halogens is 2. The first-order valence-corrected chi connectivity index (χ1v) is 17.2. The number of aromatic nitrogens is 4. The van der Waals surface area contributed by atoms with Crippen LogP contribution in [0.15, 0.2) is 78.9 Å².